The highest BCUT2D eigenvalue weighted by atomic mass is 35.5. The summed E-state index contributed by atoms with van der Waals surface area (Å²) in [5.74, 6) is -1.09. The fraction of sp³-hybridized carbons (Fsp3) is 0. The van der Waals surface area contributed by atoms with E-state index in [-0.39, 0.29) is 20.6 Å². The van der Waals surface area contributed by atoms with Gasteiger partial charge in [-0.25, -0.2) is 4.79 Å². The number of carboxylic acid groups (broad SMARTS) is 1. The van der Waals surface area contributed by atoms with Crippen LogP contribution in [0, 0.1) is 0 Å². The third-order valence-corrected chi connectivity index (χ3v) is 2.43. The fourth-order valence-corrected chi connectivity index (χ4v) is 1.28. The molecule has 0 aliphatic heterocycles. The van der Waals surface area contributed by atoms with Crippen molar-refractivity contribution in [3.05, 3.63) is 32.8 Å². The Bertz CT molecular complexity index is 312. The molecule has 12 heavy (non-hydrogen) atoms. The van der Waals surface area contributed by atoms with E-state index in [2.05, 4.69) is 0 Å². The standard InChI is InChI=1S/C7H3Cl3O2/c8-4-1-3(7(11)12)2-5(9)6(4)10/h1-2H,(H,11,12). The second kappa shape index (κ2) is 3.52. The Balaban J connectivity index is 3.31. The van der Waals surface area contributed by atoms with Gasteiger partial charge in [-0.3, -0.25) is 0 Å². The molecule has 0 fully saturated rings. The van der Waals surface area contributed by atoms with Crippen molar-refractivity contribution in [3.63, 3.8) is 0 Å². The van der Waals surface area contributed by atoms with Gasteiger partial charge in [0, 0.05) is 0 Å². The van der Waals surface area contributed by atoms with Crippen LogP contribution in [-0.2, 0) is 0 Å². The SMILES string of the molecule is O=C(O)c1cc(Cl)c(Cl)c(Cl)c1. The number of carboxylic acids is 1. The highest BCUT2D eigenvalue weighted by Crippen LogP contribution is 2.30. The molecule has 0 atom stereocenters. The highest BCUT2D eigenvalue weighted by Gasteiger charge is 2.09. The molecule has 1 N–H and O–H groups in total. The van der Waals surface area contributed by atoms with E-state index in [9.17, 15) is 4.79 Å². The predicted octanol–water partition coefficient (Wildman–Crippen LogP) is 3.35. The van der Waals surface area contributed by atoms with Gasteiger partial charge in [-0.15, -0.1) is 0 Å². The van der Waals surface area contributed by atoms with Crippen molar-refractivity contribution in [3.8, 4) is 0 Å². The van der Waals surface area contributed by atoms with Crippen LogP contribution >= 0.6 is 34.8 Å². The molecule has 0 radical (unpaired) electrons. The largest absolute Gasteiger partial charge is 0.478 e. The molecule has 2 nitrogen and oxygen atoms in total. The molecule has 1 aromatic rings. The summed E-state index contributed by atoms with van der Waals surface area (Å²) in [6.07, 6.45) is 0. The first-order valence-corrected chi connectivity index (χ1v) is 4.03. The van der Waals surface area contributed by atoms with Crippen molar-refractivity contribution in [1.29, 1.82) is 0 Å². The molecule has 0 saturated heterocycles. The number of halogens is 3. The van der Waals surface area contributed by atoms with E-state index < -0.39 is 5.97 Å². The summed E-state index contributed by atoms with van der Waals surface area (Å²) in [6.45, 7) is 0. The van der Waals surface area contributed by atoms with Crippen LogP contribution in [0.2, 0.25) is 15.1 Å². The van der Waals surface area contributed by atoms with E-state index >= 15 is 0 Å². The maximum absolute atomic E-state index is 10.5. The molecule has 1 rings (SSSR count). The zero-order chi connectivity index (χ0) is 9.30. The smallest absolute Gasteiger partial charge is 0.335 e. The molecule has 0 aliphatic carbocycles. The average molecular weight is 225 g/mol. The van der Waals surface area contributed by atoms with Gasteiger partial charge in [0.1, 0.15) is 0 Å². The van der Waals surface area contributed by atoms with Crippen molar-refractivity contribution in [2.75, 3.05) is 0 Å². The van der Waals surface area contributed by atoms with Gasteiger partial charge in [-0.05, 0) is 12.1 Å². The zero-order valence-electron chi connectivity index (χ0n) is 5.64. The Labute approximate surface area is 83.7 Å². The number of rotatable bonds is 1. The maximum Gasteiger partial charge on any atom is 0.335 e. The number of hydrogen-bond donors (Lipinski definition) is 1. The minimum Gasteiger partial charge on any atom is -0.478 e. The normalized spacial score (nSPS) is 9.92. The molecule has 0 aromatic heterocycles. The molecule has 0 unspecified atom stereocenters. The van der Waals surface area contributed by atoms with E-state index in [1.807, 2.05) is 0 Å². The van der Waals surface area contributed by atoms with Crippen molar-refractivity contribution < 1.29 is 9.90 Å². The van der Waals surface area contributed by atoms with Crippen molar-refractivity contribution in [2.45, 2.75) is 0 Å². The van der Waals surface area contributed by atoms with E-state index in [0.29, 0.717) is 0 Å². The van der Waals surface area contributed by atoms with E-state index in [0.717, 1.165) is 0 Å². The predicted molar refractivity (Wildman–Crippen MR) is 48.4 cm³/mol. The Morgan fingerprint density at radius 2 is 1.58 bits per heavy atom. The van der Waals surface area contributed by atoms with E-state index in [4.69, 9.17) is 39.9 Å². The number of carbonyl (C=O) groups is 1. The summed E-state index contributed by atoms with van der Waals surface area (Å²) < 4.78 is 0. The molecule has 64 valence electrons. The molecule has 0 amide bonds. The fourth-order valence-electron chi connectivity index (χ4n) is 0.679. The Hall–Kier alpha value is -0.440. The summed E-state index contributed by atoms with van der Waals surface area (Å²) in [6, 6.07) is 2.50. The van der Waals surface area contributed by atoms with E-state index in [1.165, 1.54) is 12.1 Å². The monoisotopic (exact) mass is 224 g/mol. The second-order valence-corrected chi connectivity index (χ2v) is 3.25. The molecule has 0 heterocycles. The molecular weight excluding hydrogens is 222 g/mol. The van der Waals surface area contributed by atoms with Crippen molar-refractivity contribution >= 4 is 40.8 Å². The molecular formula is C7H3Cl3O2. The topological polar surface area (TPSA) is 37.3 Å². The Morgan fingerprint density at radius 1 is 1.17 bits per heavy atom. The molecule has 0 bridgehead atoms. The average Bonchev–Trinajstić information content (AvgIpc) is 1.99. The number of benzene rings is 1. The minimum atomic E-state index is -1.09. The van der Waals surface area contributed by atoms with Gasteiger partial charge in [0.2, 0.25) is 0 Å². The third kappa shape index (κ3) is 1.83. The van der Waals surface area contributed by atoms with Crippen LogP contribution in [-0.4, -0.2) is 11.1 Å². The van der Waals surface area contributed by atoms with Crippen LogP contribution in [0.5, 0.6) is 0 Å². The first-order chi connectivity index (χ1) is 5.52. The summed E-state index contributed by atoms with van der Waals surface area (Å²) >= 11 is 16.8. The maximum atomic E-state index is 10.5. The molecule has 0 spiro atoms. The molecule has 1 aromatic carbocycles. The van der Waals surface area contributed by atoms with Crippen LogP contribution in [0.1, 0.15) is 10.4 Å². The lowest BCUT2D eigenvalue weighted by molar-refractivity contribution is 0.0697. The van der Waals surface area contributed by atoms with Gasteiger partial charge in [-0.1, -0.05) is 34.8 Å². The van der Waals surface area contributed by atoms with Crippen LogP contribution in [0.25, 0.3) is 0 Å². The van der Waals surface area contributed by atoms with Crippen LogP contribution in [0.3, 0.4) is 0 Å². The van der Waals surface area contributed by atoms with Gasteiger partial charge in [0.05, 0.1) is 20.6 Å². The number of hydrogen-bond acceptors (Lipinski definition) is 1. The molecule has 0 aliphatic rings. The first-order valence-electron chi connectivity index (χ1n) is 2.90. The van der Waals surface area contributed by atoms with Crippen LogP contribution in [0.4, 0.5) is 0 Å². The van der Waals surface area contributed by atoms with Gasteiger partial charge in [0.25, 0.3) is 0 Å². The van der Waals surface area contributed by atoms with E-state index in [1.54, 1.807) is 0 Å². The second-order valence-electron chi connectivity index (χ2n) is 2.06. The summed E-state index contributed by atoms with van der Waals surface area (Å²) in [5.41, 5.74) is 0.0226. The Morgan fingerprint density at radius 3 is 1.92 bits per heavy atom. The third-order valence-electron chi connectivity index (χ3n) is 1.23. The quantitative estimate of drug-likeness (QED) is 0.744. The van der Waals surface area contributed by atoms with Crippen LogP contribution < -0.4 is 0 Å². The van der Waals surface area contributed by atoms with Gasteiger partial charge in [0.15, 0.2) is 0 Å². The zero-order valence-corrected chi connectivity index (χ0v) is 7.91. The van der Waals surface area contributed by atoms with Crippen LogP contribution in [0.15, 0.2) is 12.1 Å². The highest BCUT2D eigenvalue weighted by molar-refractivity contribution is 6.48. The number of aromatic carboxylic acids is 1. The van der Waals surface area contributed by atoms with Gasteiger partial charge < -0.3 is 5.11 Å². The lowest BCUT2D eigenvalue weighted by atomic mass is 10.2. The minimum absolute atomic E-state index is 0.0226. The molecule has 5 heteroatoms. The summed E-state index contributed by atoms with van der Waals surface area (Å²) in [5, 5.41) is 9.01. The lowest BCUT2D eigenvalue weighted by Crippen LogP contribution is -1.95. The van der Waals surface area contributed by atoms with Gasteiger partial charge >= 0.3 is 5.97 Å². The summed E-state index contributed by atoms with van der Waals surface area (Å²) in [7, 11) is 0. The van der Waals surface area contributed by atoms with Crippen molar-refractivity contribution in [2.24, 2.45) is 0 Å². The first kappa shape index (κ1) is 9.65. The summed E-state index contributed by atoms with van der Waals surface area (Å²) in [4.78, 5) is 10.5. The lowest BCUT2D eigenvalue weighted by Gasteiger charge is -2.00. The Kier molecular flexibility index (Phi) is 2.83. The van der Waals surface area contributed by atoms with Gasteiger partial charge in [-0.2, -0.15) is 0 Å². The van der Waals surface area contributed by atoms with Crippen molar-refractivity contribution in [1.82, 2.24) is 0 Å². The molecule has 0 saturated carbocycles.